The van der Waals surface area contributed by atoms with Crippen molar-refractivity contribution in [3.63, 3.8) is 0 Å². The molecule has 0 aromatic carbocycles. The summed E-state index contributed by atoms with van der Waals surface area (Å²) >= 11 is 0. The predicted molar refractivity (Wildman–Crippen MR) is 38.4 cm³/mol. The smallest absolute Gasteiger partial charge is 0.387 e. The van der Waals surface area contributed by atoms with Crippen molar-refractivity contribution in [3.8, 4) is 5.75 Å². The second kappa shape index (κ2) is 3.34. The van der Waals surface area contributed by atoms with E-state index in [2.05, 4.69) is 9.72 Å². The summed E-state index contributed by atoms with van der Waals surface area (Å²) in [5.41, 5.74) is 0.0313. The fourth-order valence-corrected chi connectivity index (χ4v) is 0.822. The Morgan fingerprint density at radius 1 is 1.50 bits per heavy atom. The third-order valence-corrected chi connectivity index (χ3v) is 1.18. The van der Waals surface area contributed by atoms with Crippen molar-refractivity contribution < 1.29 is 13.5 Å². The molecule has 3 nitrogen and oxygen atoms in total. The van der Waals surface area contributed by atoms with Crippen molar-refractivity contribution in [2.75, 3.05) is 0 Å². The first kappa shape index (κ1) is 8.70. The van der Waals surface area contributed by atoms with Gasteiger partial charge in [0.2, 0.25) is 0 Å². The molecule has 0 saturated carbocycles. The minimum absolute atomic E-state index is 0.119. The maximum Gasteiger partial charge on any atom is 0.387 e. The molecule has 0 atom stereocenters. The Morgan fingerprint density at radius 2 is 2.17 bits per heavy atom. The number of rotatable bonds is 2. The molecule has 1 aromatic rings. The van der Waals surface area contributed by atoms with E-state index in [4.69, 9.17) is 0 Å². The first-order valence-corrected chi connectivity index (χ1v) is 3.24. The number of nitrogens with one attached hydrogen (secondary N) is 1. The Kier molecular flexibility index (Phi) is 2.42. The molecule has 1 aromatic heterocycles. The minimum atomic E-state index is -2.90. The molecule has 0 spiro atoms. The average molecular weight is 175 g/mol. The largest absolute Gasteiger partial charge is 0.435 e. The number of hydrogen-bond donors (Lipinski definition) is 1. The molecule has 1 heterocycles. The van der Waals surface area contributed by atoms with Gasteiger partial charge in [-0.3, -0.25) is 4.79 Å². The average Bonchev–Trinajstić information content (AvgIpc) is 1.81. The minimum Gasteiger partial charge on any atom is -0.435 e. The maximum atomic E-state index is 11.6. The van der Waals surface area contributed by atoms with Crippen molar-refractivity contribution in [1.29, 1.82) is 0 Å². The summed E-state index contributed by atoms with van der Waals surface area (Å²) < 4.78 is 27.3. The van der Waals surface area contributed by atoms with Crippen LogP contribution in [0.1, 0.15) is 5.69 Å². The van der Waals surface area contributed by atoms with Gasteiger partial charge >= 0.3 is 6.61 Å². The predicted octanol–water partition coefficient (Wildman–Crippen LogP) is 1.28. The molecular weight excluding hydrogens is 168 g/mol. The molecule has 0 bridgehead atoms. The molecule has 0 fully saturated rings. The van der Waals surface area contributed by atoms with Crippen molar-refractivity contribution in [2.24, 2.45) is 0 Å². The fourth-order valence-electron chi connectivity index (χ4n) is 0.822. The molecule has 0 aliphatic rings. The van der Waals surface area contributed by atoms with Gasteiger partial charge < -0.3 is 9.72 Å². The molecule has 0 saturated heterocycles. The third kappa shape index (κ3) is 2.34. The third-order valence-electron chi connectivity index (χ3n) is 1.18. The Balaban J connectivity index is 2.93. The van der Waals surface area contributed by atoms with Crippen LogP contribution in [-0.2, 0) is 0 Å². The summed E-state index contributed by atoms with van der Waals surface area (Å²) in [5.74, 6) is -0.119. The Bertz CT molecular complexity index is 321. The maximum absolute atomic E-state index is 11.6. The lowest BCUT2D eigenvalue weighted by molar-refractivity contribution is -0.0499. The van der Waals surface area contributed by atoms with E-state index in [-0.39, 0.29) is 5.75 Å². The molecule has 1 N–H and O–H groups in total. The second-order valence-corrected chi connectivity index (χ2v) is 2.24. The number of aromatic amines is 1. The van der Waals surface area contributed by atoms with Crippen LogP contribution in [0, 0.1) is 6.92 Å². The van der Waals surface area contributed by atoms with Crippen LogP contribution in [0.3, 0.4) is 0 Å². The van der Waals surface area contributed by atoms with Gasteiger partial charge in [0.05, 0.1) is 0 Å². The lowest BCUT2D eigenvalue weighted by atomic mass is 10.3. The van der Waals surface area contributed by atoms with E-state index in [0.29, 0.717) is 5.69 Å². The number of halogens is 2. The van der Waals surface area contributed by atoms with E-state index in [1.54, 1.807) is 6.92 Å². The van der Waals surface area contributed by atoms with Crippen molar-refractivity contribution in [1.82, 2.24) is 4.98 Å². The summed E-state index contributed by atoms with van der Waals surface area (Å²) in [4.78, 5) is 13.1. The topological polar surface area (TPSA) is 42.1 Å². The number of ether oxygens (including phenoxy) is 1. The lowest BCUT2D eigenvalue weighted by Gasteiger charge is -2.03. The van der Waals surface area contributed by atoms with Crippen LogP contribution in [0.2, 0.25) is 0 Å². The van der Waals surface area contributed by atoms with Gasteiger partial charge in [-0.25, -0.2) is 0 Å². The number of pyridine rings is 1. The zero-order valence-corrected chi connectivity index (χ0v) is 6.30. The molecule has 5 heteroatoms. The van der Waals surface area contributed by atoms with E-state index in [1.807, 2.05) is 0 Å². The van der Waals surface area contributed by atoms with E-state index < -0.39 is 12.2 Å². The first-order chi connectivity index (χ1) is 5.58. The van der Waals surface area contributed by atoms with Gasteiger partial charge in [0.25, 0.3) is 5.56 Å². The zero-order valence-electron chi connectivity index (χ0n) is 6.30. The van der Waals surface area contributed by atoms with Gasteiger partial charge in [0.1, 0.15) is 5.75 Å². The molecule has 1 rings (SSSR count). The second-order valence-electron chi connectivity index (χ2n) is 2.24. The van der Waals surface area contributed by atoms with Crippen molar-refractivity contribution in [2.45, 2.75) is 13.5 Å². The van der Waals surface area contributed by atoms with Gasteiger partial charge in [-0.2, -0.15) is 8.78 Å². The SMILES string of the molecule is Cc1cc(OC(F)F)cc(=O)[nH]1. The van der Waals surface area contributed by atoms with Crippen LogP contribution < -0.4 is 10.3 Å². The highest BCUT2D eigenvalue weighted by Crippen LogP contribution is 2.10. The molecule has 0 amide bonds. The lowest BCUT2D eigenvalue weighted by Crippen LogP contribution is -2.09. The summed E-state index contributed by atoms with van der Waals surface area (Å²) in [7, 11) is 0. The van der Waals surface area contributed by atoms with E-state index in [0.717, 1.165) is 6.07 Å². The highest BCUT2D eigenvalue weighted by molar-refractivity contribution is 5.21. The molecular formula is C7H7F2NO2. The number of aryl methyl sites for hydroxylation is 1. The van der Waals surface area contributed by atoms with E-state index in [1.165, 1.54) is 6.07 Å². The Morgan fingerprint density at radius 3 is 2.67 bits per heavy atom. The summed E-state index contributed by atoms with van der Waals surface area (Å²) in [5, 5.41) is 0. The molecule has 0 aliphatic carbocycles. The normalized spacial score (nSPS) is 10.3. The van der Waals surface area contributed by atoms with Gasteiger partial charge in [-0.1, -0.05) is 0 Å². The summed E-state index contributed by atoms with van der Waals surface area (Å²) in [6, 6.07) is 2.30. The van der Waals surface area contributed by atoms with E-state index in [9.17, 15) is 13.6 Å². The van der Waals surface area contributed by atoms with Crippen LogP contribution in [0.5, 0.6) is 5.75 Å². The zero-order chi connectivity index (χ0) is 9.14. The van der Waals surface area contributed by atoms with Crippen molar-refractivity contribution in [3.05, 3.63) is 28.2 Å². The highest BCUT2D eigenvalue weighted by Gasteiger charge is 2.04. The van der Waals surface area contributed by atoms with Gasteiger partial charge in [0, 0.05) is 11.8 Å². The number of alkyl halides is 2. The molecule has 0 radical (unpaired) electrons. The standard InChI is InChI=1S/C7H7F2NO2/c1-4-2-5(12-7(8)9)3-6(11)10-4/h2-3,7H,1H3,(H,10,11). The Labute approximate surface area is 67.0 Å². The van der Waals surface area contributed by atoms with Crippen LogP contribution in [-0.4, -0.2) is 11.6 Å². The van der Waals surface area contributed by atoms with Crippen LogP contribution in [0.4, 0.5) is 8.78 Å². The molecule has 0 aliphatic heterocycles. The van der Waals surface area contributed by atoms with Gasteiger partial charge in [-0.15, -0.1) is 0 Å². The number of aromatic nitrogens is 1. The van der Waals surface area contributed by atoms with Crippen LogP contribution in [0.25, 0.3) is 0 Å². The quantitative estimate of drug-likeness (QED) is 0.735. The summed E-state index contributed by atoms with van der Waals surface area (Å²) in [6.45, 7) is -1.31. The fraction of sp³-hybridized carbons (Fsp3) is 0.286. The summed E-state index contributed by atoms with van der Waals surface area (Å²) in [6.07, 6.45) is 0. The Hall–Kier alpha value is -1.39. The van der Waals surface area contributed by atoms with Crippen LogP contribution in [0.15, 0.2) is 16.9 Å². The number of H-pyrrole nitrogens is 1. The van der Waals surface area contributed by atoms with Crippen LogP contribution >= 0.6 is 0 Å². The molecule has 0 unspecified atom stereocenters. The van der Waals surface area contributed by atoms with Gasteiger partial charge in [-0.05, 0) is 13.0 Å². The molecule has 66 valence electrons. The monoisotopic (exact) mass is 175 g/mol. The van der Waals surface area contributed by atoms with Crippen molar-refractivity contribution >= 4 is 0 Å². The first-order valence-electron chi connectivity index (χ1n) is 3.24. The van der Waals surface area contributed by atoms with Gasteiger partial charge in [0.15, 0.2) is 0 Å². The van der Waals surface area contributed by atoms with E-state index >= 15 is 0 Å². The highest BCUT2D eigenvalue weighted by atomic mass is 19.3. The number of hydrogen-bond acceptors (Lipinski definition) is 2. The molecule has 12 heavy (non-hydrogen) atoms.